The quantitative estimate of drug-likeness (QED) is 0.577. The van der Waals surface area contributed by atoms with Crippen molar-refractivity contribution in [2.45, 2.75) is 43.9 Å². The molecule has 0 spiro atoms. The lowest BCUT2D eigenvalue weighted by molar-refractivity contribution is 0.176. The number of nitrogens with two attached hydrogens (primary N) is 1. The average Bonchev–Trinajstić information content (AvgIpc) is 3.11. The zero-order valence-electron chi connectivity index (χ0n) is 15.7. The van der Waals surface area contributed by atoms with Crippen LogP contribution in [0.15, 0.2) is 42.6 Å². The van der Waals surface area contributed by atoms with Gasteiger partial charge in [-0.05, 0) is 62.5 Å². The summed E-state index contributed by atoms with van der Waals surface area (Å²) in [5.41, 5.74) is 8.85. The summed E-state index contributed by atoms with van der Waals surface area (Å²) in [6.07, 6.45) is 5.54. The lowest BCUT2D eigenvalue weighted by atomic mass is 9.86. The Balaban J connectivity index is 1.60. The number of nitrogens with zero attached hydrogens (tertiary/aromatic N) is 2. The van der Waals surface area contributed by atoms with Gasteiger partial charge in [0, 0.05) is 6.04 Å². The number of nitrogens with one attached hydrogen (secondary N) is 2. The van der Waals surface area contributed by atoms with Crippen LogP contribution in [-0.4, -0.2) is 34.9 Å². The second-order valence-corrected chi connectivity index (χ2v) is 7.56. The molecule has 2 aliphatic rings. The Morgan fingerprint density at radius 2 is 1.89 bits per heavy atom. The van der Waals surface area contributed by atoms with E-state index in [1.54, 1.807) is 16.8 Å². The Kier molecular flexibility index (Phi) is 4.85. The summed E-state index contributed by atoms with van der Waals surface area (Å²) in [5, 5.41) is 16.8. The van der Waals surface area contributed by atoms with Gasteiger partial charge in [-0.15, -0.1) is 0 Å². The zero-order valence-corrected chi connectivity index (χ0v) is 15.7. The highest BCUT2D eigenvalue weighted by Crippen LogP contribution is 2.37. The highest BCUT2D eigenvalue weighted by atomic mass is 16.5. The fourth-order valence-corrected chi connectivity index (χ4v) is 4.24. The van der Waals surface area contributed by atoms with Crippen molar-refractivity contribution in [1.29, 1.82) is 10.8 Å². The van der Waals surface area contributed by atoms with Crippen LogP contribution in [0.4, 0.5) is 0 Å². The molecule has 27 heavy (non-hydrogen) atoms. The standard InChI is InChI=1S/C21H27N5O/c1-25-12-4-7-18(25)21(24)26-13-14(8-11-20(26)23)27-19-10-9-17(22)15-5-2-3-6-16(15)19/h2-3,5-6,8,11,13,17-19,23-24H,4,7,9-10,12,22H2,1H3/t17-,18+,19+/m0/s1. The topological polar surface area (TPSA) is 91.1 Å². The third-order valence-corrected chi connectivity index (χ3v) is 5.78. The van der Waals surface area contributed by atoms with Crippen molar-refractivity contribution in [2.75, 3.05) is 13.6 Å². The molecular formula is C21H27N5O. The minimum absolute atomic E-state index is 0.0469. The van der Waals surface area contributed by atoms with Crippen molar-refractivity contribution in [3.05, 3.63) is 59.2 Å². The number of fused-ring (bicyclic) bond motifs is 1. The maximum Gasteiger partial charge on any atom is 0.137 e. The normalized spacial score (nSPS) is 25.2. The minimum atomic E-state index is -0.0469. The number of ether oxygens (including phenoxy) is 1. The lowest BCUT2D eigenvalue weighted by Gasteiger charge is -2.30. The average molecular weight is 365 g/mol. The molecular weight excluding hydrogens is 338 g/mol. The summed E-state index contributed by atoms with van der Waals surface area (Å²) in [7, 11) is 2.04. The Labute approximate surface area is 159 Å². The number of likely N-dealkylation sites (tertiary alicyclic amines) is 1. The van der Waals surface area contributed by atoms with E-state index in [0.717, 1.165) is 43.4 Å². The van der Waals surface area contributed by atoms with Gasteiger partial charge in [0.1, 0.15) is 23.2 Å². The monoisotopic (exact) mass is 365 g/mol. The summed E-state index contributed by atoms with van der Waals surface area (Å²) < 4.78 is 7.94. The van der Waals surface area contributed by atoms with Gasteiger partial charge in [-0.2, -0.15) is 0 Å². The number of benzene rings is 1. The molecule has 6 nitrogen and oxygen atoms in total. The van der Waals surface area contributed by atoms with Gasteiger partial charge in [-0.3, -0.25) is 20.3 Å². The molecule has 0 saturated carbocycles. The first-order chi connectivity index (χ1) is 13.0. The van der Waals surface area contributed by atoms with Crippen molar-refractivity contribution in [3.63, 3.8) is 0 Å². The molecule has 1 aliphatic carbocycles. The third kappa shape index (κ3) is 3.42. The molecule has 6 heteroatoms. The molecule has 3 atom stereocenters. The molecule has 2 heterocycles. The van der Waals surface area contributed by atoms with Gasteiger partial charge in [-0.1, -0.05) is 24.3 Å². The molecule has 4 N–H and O–H groups in total. The lowest BCUT2D eigenvalue weighted by Crippen LogP contribution is -2.40. The fraction of sp³-hybridized carbons (Fsp3) is 0.429. The Hall–Kier alpha value is -2.44. The van der Waals surface area contributed by atoms with Crippen LogP contribution >= 0.6 is 0 Å². The molecule has 0 amide bonds. The van der Waals surface area contributed by atoms with Crippen molar-refractivity contribution in [1.82, 2.24) is 9.47 Å². The van der Waals surface area contributed by atoms with Gasteiger partial charge < -0.3 is 10.5 Å². The predicted octanol–water partition coefficient (Wildman–Crippen LogP) is 2.80. The highest BCUT2D eigenvalue weighted by molar-refractivity contribution is 5.87. The smallest absolute Gasteiger partial charge is 0.137 e. The molecule has 1 aliphatic heterocycles. The van der Waals surface area contributed by atoms with E-state index in [9.17, 15) is 0 Å². The second-order valence-electron chi connectivity index (χ2n) is 7.56. The van der Waals surface area contributed by atoms with Crippen LogP contribution in [-0.2, 0) is 0 Å². The Bertz CT molecular complexity index is 905. The Morgan fingerprint density at radius 1 is 1.11 bits per heavy atom. The molecule has 0 unspecified atom stereocenters. The maximum absolute atomic E-state index is 8.59. The van der Waals surface area contributed by atoms with Crippen LogP contribution in [0.2, 0.25) is 0 Å². The summed E-state index contributed by atoms with van der Waals surface area (Å²) in [4.78, 5) is 2.18. The van der Waals surface area contributed by atoms with E-state index in [1.807, 2.05) is 25.2 Å². The van der Waals surface area contributed by atoms with Crippen molar-refractivity contribution < 1.29 is 4.74 Å². The summed E-state index contributed by atoms with van der Waals surface area (Å²) in [5.74, 6) is 1.13. The van der Waals surface area contributed by atoms with Crippen LogP contribution in [0.3, 0.4) is 0 Å². The van der Waals surface area contributed by atoms with Crippen LogP contribution in [0.25, 0.3) is 0 Å². The number of hydrogen-bond acceptors (Lipinski definition) is 5. The van der Waals surface area contributed by atoms with E-state index in [2.05, 4.69) is 17.0 Å². The highest BCUT2D eigenvalue weighted by Gasteiger charge is 2.28. The van der Waals surface area contributed by atoms with E-state index in [4.69, 9.17) is 21.3 Å². The van der Waals surface area contributed by atoms with Crippen LogP contribution < -0.4 is 16.0 Å². The molecule has 2 aromatic rings. The van der Waals surface area contributed by atoms with Crippen molar-refractivity contribution >= 4 is 5.84 Å². The SMILES string of the molecule is CN1CCC[C@@H]1C(=N)n1cc(O[C@@H]2CC[C@H](N)c3ccccc32)ccc1=N. The van der Waals surface area contributed by atoms with Crippen molar-refractivity contribution in [3.8, 4) is 5.75 Å². The van der Waals surface area contributed by atoms with Crippen LogP contribution in [0.5, 0.6) is 5.75 Å². The van der Waals surface area contributed by atoms with E-state index in [1.165, 1.54) is 0 Å². The van der Waals surface area contributed by atoms with E-state index < -0.39 is 0 Å². The summed E-state index contributed by atoms with van der Waals surface area (Å²) in [6, 6.07) is 11.8. The molecule has 4 rings (SSSR count). The summed E-state index contributed by atoms with van der Waals surface area (Å²) in [6.45, 7) is 0.996. The van der Waals surface area contributed by atoms with Crippen LogP contribution in [0.1, 0.15) is 49.0 Å². The molecule has 0 bridgehead atoms. The van der Waals surface area contributed by atoms with Crippen molar-refractivity contribution in [2.24, 2.45) is 5.73 Å². The molecule has 142 valence electrons. The molecule has 1 saturated heterocycles. The minimum Gasteiger partial charge on any atom is -0.484 e. The van der Waals surface area contributed by atoms with E-state index >= 15 is 0 Å². The molecule has 1 fully saturated rings. The third-order valence-electron chi connectivity index (χ3n) is 5.78. The van der Waals surface area contributed by atoms with E-state index in [-0.39, 0.29) is 18.2 Å². The Morgan fingerprint density at radius 3 is 2.63 bits per heavy atom. The number of pyridine rings is 1. The second kappa shape index (κ2) is 7.29. The van der Waals surface area contributed by atoms with Gasteiger partial charge in [0.15, 0.2) is 0 Å². The fourth-order valence-electron chi connectivity index (χ4n) is 4.24. The van der Waals surface area contributed by atoms with Gasteiger partial charge in [0.25, 0.3) is 0 Å². The predicted molar refractivity (Wildman–Crippen MR) is 105 cm³/mol. The number of rotatable bonds is 3. The van der Waals surface area contributed by atoms with Gasteiger partial charge in [0.2, 0.25) is 0 Å². The summed E-state index contributed by atoms with van der Waals surface area (Å²) >= 11 is 0. The zero-order chi connectivity index (χ0) is 19.0. The van der Waals surface area contributed by atoms with Gasteiger partial charge in [-0.25, -0.2) is 0 Å². The first-order valence-corrected chi connectivity index (χ1v) is 9.62. The first kappa shape index (κ1) is 17.9. The molecule has 0 radical (unpaired) electrons. The molecule has 1 aromatic carbocycles. The largest absolute Gasteiger partial charge is 0.484 e. The number of hydrogen-bond donors (Lipinski definition) is 3. The molecule has 1 aromatic heterocycles. The van der Waals surface area contributed by atoms with Gasteiger partial charge >= 0.3 is 0 Å². The number of likely N-dealkylation sites (N-methyl/N-ethyl adjacent to an activating group) is 1. The number of aromatic nitrogens is 1. The van der Waals surface area contributed by atoms with E-state index in [0.29, 0.717) is 17.1 Å². The van der Waals surface area contributed by atoms with Crippen LogP contribution in [0, 0.1) is 10.8 Å². The first-order valence-electron chi connectivity index (χ1n) is 9.62. The maximum atomic E-state index is 8.59. The van der Waals surface area contributed by atoms with Gasteiger partial charge in [0.05, 0.1) is 12.2 Å².